The number of nitrogens with one attached hydrogen (secondary N) is 1. The van der Waals surface area contributed by atoms with Crippen LogP contribution in [0.2, 0.25) is 0 Å². The van der Waals surface area contributed by atoms with Crippen molar-refractivity contribution in [1.29, 1.82) is 0 Å². The maximum absolute atomic E-state index is 13.1. The zero-order valence-electron chi connectivity index (χ0n) is 16.0. The van der Waals surface area contributed by atoms with Gasteiger partial charge in [-0.25, -0.2) is 14.2 Å². The highest BCUT2D eigenvalue weighted by molar-refractivity contribution is 5.93. The summed E-state index contributed by atoms with van der Waals surface area (Å²) >= 11 is 0. The zero-order valence-corrected chi connectivity index (χ0v) is 16.0. The Bertz CT molecular complexity index is 1220. The van der Waals surface area contributed by atoms with E-state index in [-0.39, 0.29) is 29.7 Å². The van der Waals surface area contributed by atoms with E-state index in [0.29, 0.717) is 0 Å². The molecular formula is C18H19N3O8. The number of aromatic amines is 1. The van der Waals surface area contributed by atoms with Gasteiger partial charge < -0.3 is 18.9 Å². The Morgan fingerprint density at radius 2 is 2.00 bits per heavy atom. The molecule has 2 bridgehead atoms. The quantitative estimate of drug-likeness (QED) is 0.659. The number of hydrogen-bond acceptors (Lipinski definition) is 8. The van der Waals surface area contributed by atoms with Gasteiger partial charge in [0.1, 0.15) is 29.5 Å². The van der Waals surface area contributed by atoms with Crippen molar-refractivity contribution in [2.24, 2.45) is 0 Å². The van der Waals surface area contributed by atoms with E-state index in [9.17, 15) is 19.2 Å². The molecule has 3 aliphatic rings. The molecule has 11 heteroatoms. The lowest BCUT2D eigenvalue weighted by Crippen LogP contribution is -2.43. The van der Waals surface area contributed by atoms with E-state index in [0.717, 1.165) is 6.07 Å². The minimum atomic E-state index is -0.891. The van der Waals surface area contributed by atoms with Gasteiger partial charge in [0.15, 0.2) is 12.0 Å². The minimum Gasteiger partial charge on any atom is -0.462 e. The summed E-state index contributed by atoms with van der Waals surface area (Å²) in [5.41, 5.74) is -2.32. The maximum Gasteiger partial charge on any atom is 0.343 e. The molecule has 2 saturated heterocycles. The number of H-pyrrole nitrogens is 1. The average molecular weight is 405 g/mol. The predicted molar refractivity (Wildman–Crippen MR) is 96.8 cm³/mol. The Labute approximate surface area is 162 Å². The molecule has 154 valence electrons. The van der Waals surface area contributed by atoms with Crippen LogP contribution in [0.5, 0.6) is 0 Å². The first-order valence-corrected chi connectivity index (χ1v) is 9.32. The van der Waals surface area contributed by atoms with Crippen molar-refractivity contribution in [3.63, 3.8) is 0 Å². The number of carbonyl (C=O) groups is 1. The van der Waals surface area contributed by atoms with Crippen molar-refractivity contribution in [2.45, 2.75) is 57.6 Å². The van der Waals surface area contributed by atoms with Crippen LogP contribution in [0.25, 0.3) is 11.0 Å². The van der Waals surface area contributed by atoms with Gasteiger partial charge in [-0.2, -0.15) is 0 Å². The fraction of sp³-hybridized carbons (Fsp3) is 0.556. The Morgan fingerprint density at radius 1 is 1.28 bits per heavy atom. The third-order valence-electron chi connectivity index (χ3n) is 5.41. The molecule has 0 radical (unpaired) electrons. The van der Waals surface area contributed by atoms with Crippen LogP contribution in [0.4, 0.5) is 0 Å². The summed E-state index contributed by atoms with van der Waals surface area (Å²) in [4.78, 5) is 52.8. The molecule has 11 nitrogen and oxygen atoms in total. The lowest BCUT2D eigenvalue weighted by Gasteiger charge is -2.23. The summed E-state index contributed by atoms with van der Waals surface area (Å²) in [6.45, 7) is 5.18. The van der Waals surface area contributed by atoms with Crippen LogP contribution >= 0.6 is 0 Å². The Hall–Kier alpha value is -2.76. The Balaban J connectivity index is 1.82. The molecule has 0 spiro atoms. The molecule has 4 atom stereocenters. The van der Waals surface area contributed by atoms with E-state index in [4.69, 9.17) is 18.9 Å². The number of rotatable bonds is 2. The second-order valence-electron chi connectivity index (χ2n) is 7.69. The van der Waals surface area contributed by atoms with Crippen LogP contribution in [-0.2, 0) is 25.5 Å². The minimum absolute atomic E-state index is 0.0113. The van der Waals surface area contributed by atoms with Crippen LogP contribution in [0.1, 0.15) is 37.4 Å². The molecule has 5 heterocycles. The van der Waals surface area contributed by atoms with E-state index >= 15 is 0 Å². The fourth-order valence-corrected chi connectivity index (χ4v) is 4.36. The molecule has 1 unspecified atom stereocenters. The molecule has 2 fully saturated rings. The monoisotopic (exact) mass is 405 g/mol. The van der Waals surface area contributed by atoms with Gasteiger partial charge in [0.2, 0.25) is 0 Å². The highest BCUT2D eigenvalue weighted by Crippen LogP contribution is 2.44. The van der Waals surface area contributed by atoms with E-state index in [2.05, 4.69) is 4.98 Å². The molecule has 2 aromatic rings. The van der Waals surface area contributed by atoms with Gasteiger partial charge in [-0.1, -0.05) is 0 Å². The molecule has 0 aliphatic carbocycles. The number of fused-ring (bicyclic) bond motifs is 6. The second kappa shape index (κ2) is 5.88. The normalized spacial score (nSPS) is 28.9. The Kier molecular flexibility index (Phi) is 3.70. The summed E-state index contributed by atoms with van der Waals surface area (Å²) in [6.07, 6.45) is -2.61. The SMILES string of the molecule is CCOC(=O)c1cc2c(=O)[nH]c(=O)n3c2n(c1=O)C[C@H]1O[C@@H]3C2OC(C)(C)O[C@H]21. The Morgan fingerprint density at radius 3 is 2.72 bits per heavy atom. The molecule has 2 aromatic heterocycles. The smallest absolute Gasteiger partial charge is 0.343 e. The number of pyridine rings is 1. The van der Waals surface area contributed by atoms with Gasteiger partial charge in [-0.3, -0.25) is 19.1 Å². The number of aromatic nitrogens is 3. The van der Waals surface area contributed by atoms with Gasteiger partial charge in [-0.15, -0.1) is 0 Å². The van der Waals surface area contributed by atoms with Crippen LogP contribution < -0.4 is 16.8 Å². The van der Waals surface area contributed by atoms with E-state index in [1.54, 1.807) is 20.8 Å². The number of nitrogens with zero attached hydrogens (tertiary/aromatic N) is 2. The number of ether oxygens (including phenoxy) is 4. The van der Waals surface area contributed by atoms with Crippen molar-refractivity contribution in [3.8, 4) is 0 Å². The zero-order chi connectivity index (χ0) is 20.7. The van der Waals surface area contributed by atoms with E-state index in [1.165, 1.54) is 9.13 Å². The summed E-state index contributed by atoms with van der Waals surface area (Å²) in [5.74, 6) is -1.73. The molecule has 0 aromatic carbocycles. The van der Waals surface area contributed by atoms with Crippen LogP contribution in [-0.4, -0.2) is 50.8 Å². The summed E-state index contributed by atoms with van der Waals surface area (Å²) in [5, 5.41) is 0.0122. The second-order valence-corrected chi connectivity index (χ2v) is 7.69. The predicted octanol–water partition coefficient (Wildman–Crippen LogP) is -0.541. The van der Waals surface area contributed by atoms with Crippen molar-refractivity contribution >= 4 is 17.0 Å². The van der Waals surface area contributed by atoms with Crippen molar-refractivity contribution in [1.82, 2.24) is 14.1 Å². The molecule has 0 saturated carbocycles. The third kappa shape index (κ3) is 2.47. The van der Waals surface area contributed by atoms with Gasteiger partial charge >= 0.3 is 11.7 Å². The fourth-order valence-electron chi connectivity index (χ4n) is 4.36. The molecular weight excluding hydrogens is 386 g/mol. The highest BCUT2D eigenvalue weighted by atomic mass is 16.8. The molecule has 1 N–H and O–H groups in total. The summed E-state index contributed by atoms with van der Waals surface area (Å²) < 4.78 is 25.2. The van der Waals surface area contributed by atoms with Crippen LogP contribution in [0.15, 0.2) is 20.4 Å². The first kappa shape index (κ1) is 18.3. The topological polar surface area (TPSA) is 131 Å². The standard InChI is InChI=1S/C18H19N3O8/c1-4-26-16(24)8-5-7-12(22)19-17(25)21-13(7)20(14(8)23)6-9-10-11(15(21)27-9)29-18(2,3)28-10/h5,9-11,15H,4,6H2,1-3H3,(H,19,22,25)/t9-,10+,11?,15-/m1/s1. The first-order valence-electron chi connectivity index (χ1n) is 9.32. The number of esters is 1. The third-order valence-corrected chi connectivity index (χ3v) is 5.41. The molecule has 0 amide bonds. The van der Waals surface area contributed by atoms with Gasteiger partial charge in [0.25, 0.3) is 11.1 Å². The van der Waals surface area contributed by atoms with Gasteiger partial charge in [0.05, 0.1) is 18.5 Å². The van der Waals surface area contributed by atoms with E-state index < -0.39 is 53.1 Å². The summed E-state index contributed by atoms with van der Waals surface area (Å²) in [6, 6.07) is 1.16. The largest absolute Gasteiger partial charge is 0.462 e. The van der Waals surface area contributed by atoms with Crippen LogP contribution in [0.3, 0.4) is 0 Å². The van der Waals surface area contributed by atoms with Gasteiger partial charge in [-0.05, 0) is 26.8 Å². The van der Waals surface area contributed by atoms with Crippen molar-refractivity contribution in [2.75, 3.05) is 6.61 Å². The van der Waals surface area contributed by atoms with E-state index in [1.807, 2.05) is 0 Å². The number of hydrogen-bond donors (Lipinski definition) is 1. The van der Waals surface area contributed by atoms with Gasteiger partial charge in [0, 0.05) is 0 Å². The lowest BCUT2D eigenvalue weighted by atomic mass is 10.1. The lowest BCUT2D eigenvalue weighted by molar-refractivity contribution is -0.196. The van der Waals surface area contributed by atoms with Crippen molar-refractivity contribution in [3.05, 3.63) is 42.8 Å². The summed E-state index contributed by atoms with van der Waals surface area (Å²) in [7, 11) is 0. The first-order chi connectivity index (χ1) is 13.7. The molecule has 3 aliphatic heterocycles. The van der Waals surface area contributed by atoms with Crippen molar-refractivity contribution < 1.29 is 23.7 Å². The number of carbonyl (C=O) groups excluding carboxylic acids is 1. The molecule has 5 rings (SSSR count). The van der Waals surface area contributed by atoms with Crippen LogP contribution in [0, 0.1) is 0 Å². The maximum atomic E-state index is 13.1. The highest BCUT2D eigenvalue weighted by Gasteiger charge is 2.57. The average Bonchev–Trinajstić information content (AvgIpc) is 3.03. The molecule has 29 heavy (non-hydrogen) atoms.